The minimum Gasteiger partial charge on any atom is -0.396 e. The van der Waals surface area contributed by atoms with Gasteiger partial charge >= 0.3 is 0 Å². The summed E-state index contributed by atoms with van der Waals surface area (Å²) in [6, 6.07) is 1.61. The smallest absolute Gasteiger partial charge is 0.147 e. The maximum absolute atomic E-state index is 14.5. The van der Waals surface area contributed by atoms with Crippen LogP contribution in [0.3, 0.4) is 0 Å². The number of H-pyrrole nitrogens is 1. The Morgan fingerprint density at radius 3 is 2.65 bits per heavy atom. The van der Waals surface area contributed by atoms with Gasteiger partial charge in [0, 0.05) is 31.8 Å². The van der Waals surface area contributed by atoms with Gasteiger partial charge in [0.2, 0.25) is 0 Å². The Hall–Kier alpha value is -1.43. The molecule has 23 heavy (non-hydrogen) atoms. The molecular weight excluding hydrogens is 295 g/mol. The molecule has 2 rings (SSSR count). The summed E-state index contributed by atoms with van der Waals surface area (Å²) < 4.78 is 19.7. The Kier molecular flexibility index (Phi) is 6.57. The van der Waals surface area contributed by atoms with Crippen molar-refractivity contribution in [1.29, 1.82) is 0 Å². The molecule has 5 heteroatoms. The second-order valence-electron chi connectivity index (χ2n) is 6.18. The van der Waals surface area contributed by atoms with Gasteiger partial charge in [-0.05, 0) is 62.5 Å². The van der Waals surface area contributed by atoms with Crippen molar-refractivity contribution in [3.8, 4) is 0 Å². The molecule has 1 aromatic carbocycles. The summed E-state index contributed by atoms with van der Waals surface area (Å²) in [7, 11) is 5.75. The van der Waals surface area contributed by atoms with Crippen LogP contribution in [-0.4, -0.2) is 56.0 Å². The highest BCUT2D eigenvalue weighted by Gasteiger charge is 2.17. The fourth-order valence-electron chi connectivity index (χ4n) is 2.99. The molecule has 0 atom stereocenters. The van der Waals surface area contributed by atoms with Crippen molar-refractivity contribution < 1.29 is 14.2 Å². The number of aromatic nitrogens is 1. The summed E-state index contributed by atoms with van der Waals surface area (Å²) in [5.41, 5.74) is 3.85. The standard InChI is InChI=1S/C18H27FN2O2/c1-21(2)8-6-14-12-20-18-16(19)11-13(5-4-9-22)15(17(14)18)7-10-23-3/h11-12,20,22H,4-10H2,1-3H3. The van der Waals surface area contributed by atoms with E-state index in [4.69, 9.17) is 9.84 Å². The topological polar surface area (TPSA) is 48.5 Å². The molecule has 0 saturated carbocycles. The van der Waals surface area contributed by atoms with E-state index in [-0.39, 0.29) is 12.4 Å². The number of fused-ring (bicyclic) bond motifs is 1. The molecule has 0 unspecified atom stereocenters. The highest BCUT2D eigenvalue weighted by atomic mass is 19.1. The maximum Gasteiger partial charge on any atom is 0.147 e. The SMILES string of the molecule is COCCc1c(CCCO)cc(F)c2[nH]cc(CCN(C)C)c12. The van der Waals surface area contributed by atoms with Crippen molar-refractivity contribution in [1.82, 2.24) is 9.88 Å². The van der Waals surface area contributed by atoms with E-state index in [0.717, 1.165) is 41.5 Å². The predicted molar refractivity (Wildman–Crippen MR) is 91.5 cm³/mol. The number of aryl methyl sites for hydroxylation is 1. The zero-order valence-electron chi connectivity index (χ0n) is 14.3. The minimum absolute atomic E-state index is 0.115. The van der Waals surface area contributed by atoms with Gasteiger partial charge in [-0.25, -0.2) is 4.39 Å². The van der Waals surface area contributed by atoms with Gasteiger partial charge in [0.15, 0.2) is 0 Å². The first-order valence-corrected chi connectivity index (χ1v) is 8.13. The number of ether oxygens (including phenoxy) is 1. The van der Waals surface area contributed by atoms with Crippen LogP contribution in [0.2, 0.25) is 0 Å². The molecule has 0 amide bonds. The Balaban J connectivity index is 2.49. The van der Waals surface area contributed by atoms with E-state index in [1.54, 1.807) is 13.2 Å². The van der Waals surface area contributed by atoms with E-state index in [2.05, 4.69) is 9.88 Å². The lowest BCUT2D eigenvalue weighted by molar-refractivity contribution is 0.202. The van der Waals surface area contributed by atoms with Gasteiger partial charge in [0.1, 0.15) is 5.82 Å². The number of rotatable bonds is 9. The number of hydrogen-bond donors (Lipinski definition) is 2. The lowest BCUT2D eigenvalue weighted by Crippen LogP contribution is -2.15. The Bertz CT molecular complexity index is 637. The van der Waals surface area contributed by atoms with Crippen LogP contribution in [0, 0.1) is 5.82 Å². The third-order valence-electron chi connectivity index (χ3n) is 4.18. The number of halogens is 1. The fraction of sp³-hybridized carbons (Fsp3) is 0.556. The van der Waals surface area contributed by atoms with Crippen LogP contribution in [0.15, 0.2) is 12.3 Å². The molecule has 0 aliphatic heterocycles. The third-order valence-corrected chi connectivity index (χ3v) is 4.18. The molecule has 0 bridgehead atoms. The fourth-order valence-corrected chi connectivity index (χ4v) is 2.99. The Labute approximate surface area is 137 Å². The average Bonchev–Trinajstić information content (AvgIpc) is 2.95. The van der Waals surface area contributed by atoms with Crippen molar-refractivity contribution in [2.75, 3.05) is 41.0 Å². The average molecular weight is 322 g/mol. The molecular formula is C18H27FN2O2. The largest absolute Gasteiger partial charge is 0.396 e. The summed E-state index contributed by atoms with van der Waals surface area (Å²) in [5.74, 6) is -0.217. The van der Waals surface area contributed by atoms with Gasteiger partial charge in [-0.1, -0.05) is 0 Å². The quantitative estimate of drug-likeness (QED) is 0.746. The number of benzene rings is 1. The number of aliphatic hydroxyl groups excluding tert-OH is 1. The number of methoxy groups -OCH3 is 1. The van der Waals surface area contributed by atoms with E-state index in [1.807, 2.05) is 20.3 Å². The Morgan fingerprint density at radius 2 is 2.00 bits per heavy atom. The van der Waals surface area contributed by atoms with Crippen LogP contribution < -0.4 is 0 Å². The first-order valence-electron chi connectivity index (χ1n) is 8.13. The van der Waals surface area contributed by atoms with Crippen LogP contribution in [0.1, 0.15) is 23.1 Å². The molecule has 1 aromatic heterocycles. The molecule has 1 heterocycles. The van der Waals surface area contributed by atoms with E-state index in [9.17, 15) is 4.39 Å². The molecule has 0 saturated heterocycles. The van der Waals surface area contributed by atoms with Crippen LogP contribution in [-0.2, 0) is 24.0 Å². The van der Waals surface area contributed by atoms with E-state index in [1.165, 1.54) is 0 Å². The number of likely N-dealkylation sites (N-methyl/N-ethyl adjacent to an activating group) is 1. The van der Waals surface area contributed by atoms with E-state index in [0.29, 0.717) is 25.0 Å². The van der Waals surface area contributed by atoms with Gasteiger partial charge in [0.25, 0.3) is 0 Å². The summed E-state index contributed by atoms with van der Waals surface area (Å²) in [4.78, 5) is 5.22. The first kappa shape index (κ1) is 17.9. The number of nitrogens with zero attached hydrogens (tertiary/aromatic N) is 1. The highest BCUT2D eigenvalue weighted by Crippen LogP contribution is 2.30. The molecule has 4 nitrogen and oxygen atoms in total. The van der Waals surface area contributed by atoms with Gasteiger partial charge in [0.05, 0.1) is 12.1 Å². The highest BCUT2D eigenvalue weighted by molar-refractivity contribution is 5.88. The summed E-state index contributed by atoms with van der Waals surface area (Å²) in [6.45, 7) is 1.63. The van der Waals surface area contributed by atoms with Crippen molar-refractivity contribution in [2.45, 2.75) is 25.7 Å². The zero-order chi connectivity index (χ0) is 16.8. The van der Waals surface area contributed by atoms with Crippen LogP contribution in [0.25, 0.3) is 10.9 Å². The number of aromatic amines is 1. The van der Waals surface area contributed by atoms with Crippen LogP contribution in [0.4, 0.5) is 4.39 Å². The second kappa shape index (κ2) is 8.43. The van der Waals surface area contributed by atoms with Crippen LogP contribution >= 0.6 is 0 Å². The van der Waals surface area contributed by atoms with Crippen molar-refractivity contribution in [2.24, 2.45) is 0 Å². The molecule has 0 radical (unpaired) electrons. The van der Waals surface area contributed by atoms with E-state index >= 15 is 0 Å². The molecule has 0 fully saturated rings. The lowest BCUT2D eigenvalue weighted by Gasteiger charge is -2.14. The lowest BCUT2D eigenvalue weighted by atomic mass is 9.94. The Morgan fingerprint density at radius 1 is 1.22 bits per heavy atom. The van der Waals surface area contributed by atoms with Gasteiger partial charge < -0.3 is 19.7 Å². The maximum atomic E-state index is 14.5. The number of aliphatic hydroxyl groups is 1. The molecule has 2 aromatic rings. The summed E-state index contributed by atoms with van der Waals surface area (Å²) in [5, 5.41) is 10.1. The second-order valence-corrected chi connectivity index (χ2v) is 6.18. The van der Waals surface area contributed by atoms with E-state index < -0.39 is 0 Å². The molecule has 0 aliphatic carbocycles. The van der Waals surface area contributed by atoms with Crippen LogP contribution in [0.5, 0.6) is 0 Å². The van der Waals surface area contributed by atoms with Gasteiger partial charge in [-0.2, -0.15) is 0 Å². The van der Waals surface area contributed by atoms with Crippen molar-refractivity contribution in [3.05, 3.63) is 34.8 Å². The van der Waals surface area contributed by atoms with Crippen molar-refractivity contribution >= 4 is 10.9 Å². The molecule has 128 valence electrons. The van der Waals surface area contributed by atoms with Gasteiger partial charge in [-0.15, -0.1) is 0 Å². The van der Waals surface area contributed by atoms with Gasteiger partial charge in [-0.3, -0.25) is 0 Å². The molecule has 0 spiro atoms. The summed E-state index contributed by atoms with van der Waals surface area (Å²) in [6.07, 6.45) is 4.86. The van der Waals surface area contributed by atoms with Crippen molar-refractivity contribution in [3.63, 3.8) is 0 Å². The number of hydrogen-bond acceptors (Lipinski definition) is 3. The molecule has 2 N–H and O–H groups in total. The zero-order valence-corrected chi connectivity index (χ0v) is 14.3. The normalized spacial score (nSPS) is 11.7. The number of nitrogens with one attached hydrogen (secondary N) is 1. The minimum atomic E-state index is -0.217. The summed E-state index contributed by atoms with van der Waals surface area (Å²) >= 11 is 0. The monoisotopic (exact) mass is 322 g/mol. The third kappa shape index (κ3) is 4.31. The first-order chi connectivity index (χ1) is 11.1. The molecule has 0 aliphatic rings. The predicted octanol–water partition coefficient (Wildman–Crippen LogP) is 2.52.